The number of fused-ring (bicyclic) bond motifs is 1. The summed E-state index contributed by atoms with van der Waals surface area (Å²) < 4.78 is 11.9. The minimum absolute atomic E-state index is 0.0486. The smallest absolute Gasteiger partial charge is 0.396 e. The summed E-state index contributed by atoms with van der Waals surface area (Å²) in [5.41, 5.74) is 0.999. The van der Waals surface area contributed by atoms with E-state index in [2.05, 4.69) is 0 Å². The Balaban J connectivity index is 2.21. The third kappa shape index (κ3) is 2.85. The molecule has 0 aliphatic carbocycles. The van der Waals surface area contributed by atoms with E-state index >= 15 is 0 Å². The molecular weight excluding hydrogens is 234 g/mol. The van der Waals surface area contributed by atoms with Gasteiger partial charge in [-0.25, -0.2) is 4.79 Å². The molecule has 0 aromatic heterocycles. The molecule has 2 aliphatic rings. The first-order valence-corrected chi connectivity index (χ1v) is 5.75. The molecule has 2 rings (SSSR count). The molecule has 5 heteroatoms. The zero-order chi connectivity index (χ0) is 13.3. The molecule has 0 aromatic rings. The van der Waals surface area contributed by atoms with Crippen molar-refractivity contribution < 1.29 is 23.6 Å². The average molecular weight is 250 g/mol. The molecule has 96 valence electrons. The summed E-state index contributed by atoms with van der Waals surface area (Å²) in [4.78, 5) is 23.2. The van der Waals surface area contributed by atoms with Crippen molar-refractivity contribution in [2.75, 3.05) is 13.2 Å². The van der Waals surface area contributed by atoms with Crippen molar-refractivity contribution in [2.24, 2.45) is 0 Å². The van der Waals surface area contributed by atoms with Gasteiger partial charge in [0.1, 0.15) is 12.2 Å². The molecule has 0 unspecified atom stereocenters. The van der Waals surface area contributed by atoms with E-state index in [0.717, 1.165) is 11.3 Å². The van der Waals surface area contributed by atoms with Crippen LogP contribution >= 0.6 is 0 Å². The molecule has 0 atom stereocenters. The van der Waals surface area contributed by atoms with E-state index in [1.54, 1.807) is 37.7 Å². The van der Waals surface area contributed by atoms with Gasteiger partial charge in [0, 0.05) is 6.08 Å². The third-order valence-corrected chi connectivity index (χ3v) is 2.40. The quantitative estimate of drug-likeness (QED) is 0.510. The molecule has 2 aliphatic heterocycles. The van der Waals surface area contributed by atoms with E-state index in [1.165, 1.54) is 6.21 Å². The van der Waals surface area contributed by atoms with Crippen LogP contribution in [0.4, 0.5) is 0 Å². The third-order valence-electron chi connectivity index (χ3n) is 2.40. The molecule has 0 amide bonds. The fourth-order valence-corrected chi connectivity index (χ4v) is 1.79. The number of esters is 1. The Labute approximate surface area is 105 Å². The van der Waals surface area contributed by atoms with E-state index in [0.29, 0.717) is 6.61 Å². The molecule has 2 heterocycles. The minimum atomic E-state index is -0.549. The van der Waals surface area contributed by atoms with Gasteiger partial charge in [-0.05, 0) is 20.8 Å². The van der Waals surface area contributed by atoms with Gasteiger partial charge in [-0.3, -0.25) is 4.79 Å². The number of ether oxygens (including phenoxy) is 2. The molecule has 0 saturated carbocycles. The second-order valence-corrected chi connectivity index (χ2v) is 5.24. The molecule has 0 saturated heterocycles. The van der Waals surface area contributed by atoms with E-state index < -0.39 is 11.6 Å². The summed E-state index contributed by atoms with van der Waals surface area (Å²) in [7, 11) is 0. The first kappa shape index (κ1) is 12.5. The van der Waals surface area contributed by atoms with Gasteiger partial charge in [-0.15, -0.1) is 0 Å². The maximum Gasteiger partial charge on any atom is 0.396 e. The van der Waals surface area contributed by atoms with Crippen molar-refractivity contribution in [1.29, 1.82) is 0 Å². The number of carbonyl (C=O) groups is 2. The van der Waals surface area contributed by atoms with Crippen LogP contribution in [0.1, 0.15) is 20.8 Å². The van der Waals surface area contributed by atoms with Crippen LogP contribution in [0.25, 0.3) is 0 Å². The number of carbonyl (C=O) groups excluding carboxylic acids is 2. The average Bonchev–Trinajstić information content (AvgIpc) is 2.61. The fourth-order valence-electron chi connectivity index (χ4n) is 1.79. The molecule has 0 radical (unpaired) electrons. The highest BCUT2D eigenvalue weighted by atomic mass is 16.6. The summed E-state index contributed by atoms with van der Waals surface area (Å²) in [6, 6.07) is 0. The maximum absolute atomic E-state index is 11.7. The molecular formula is C13H16NO4+. The second-order valence-electron chi connectivity index (χ2n) is 5.24. The van der Waals surface area contributed by atoms with Gasteiger partial charge in [0.05, 0.1) is 5.57 Å². The van der Waals surface area contributed by atoms with Gasteiger partial charge < -0.3 is 9.47 Å². The van der Waals surface area contributed by atoms with Crippen molar-refractivity contribution in [1.82, 2.24) is 0 Å². The van der Waals surface area contributed by atoms with Gasteiger partial charge >= 0.3 is 5.97 Å². The molecule has 0 N–H and O–H groups in total. The first-order valence-electron chi connectivity index (χ1n) is 5.75. The number of nitrogens with zero attached hydrogens (tertiary/aromatic N) is 1. The largest absolute Gasteiger partial charge is 0.489 e. The topological polar surface area (TPSA) is 55.6 Å². The number of hydrogen-bond acceptors (Lipinski definition) is 4. The summed E-state index contributed by atoms with van der Waals surface area (Å²) in [5.74, 6) is -0.517. The van der Waals surface area contributed by atoms with E-state index in [1.807, 2.05) is 0 Å². The normalized spacial score (nSPS) is 21.1. The van der Waals surface area contributed by atoms with Gasteiger partial charge in [0.2, 0.25) is 18.0 Å². The minimum Gasteiger partial charge on any atom is -0.489 e. The fraction of sp³-hybridized carbons (Fsp3) is 0.462. The zero-order valence-electron chi connectivity index (χ0n) is 10.7. The second kappa shape index (κ2) is 4.40. The van der Waals surface area contributed by atoms with Crippen LogP contribution in [-0.2, 0) is 19.1 Å². The SMILES string of the molecule is CC(C)(C)OC(=O)/C=[N+]1\CC(=O)C=C2COC=C21. The standard InChI is InChI=1S/C13H16NO4/c1-13(2,3)18-12(16)6-14-5-10(15)4-9-7-17-8-11(9)14/h4,6,8H,5,7H2,1-3H3/q+1/b14-6+. The maximum atomic E-state index is 11.7. The van der Waals surface area contributed by atoms with Crippen LogP contribution in [0, 0.1) is 0 Å². The predicted molar refractivity (Wildman–Crippen MR) is 64.2 cm³/mol. The Bertz CT molecular complexity index is 492. The Hall–Kier alpha value is -1.91. The van der Waals surface area contributed by atoms with Crippen molar-refractivity contribution in [2.45, 2.75) is 26.4 Å². The molecule has 5 nitrogen and oxygen atoms in total. The summed E-state index contributed by atoms with van der Waals surface area (Å²) in [6.07, 6.45) is 4.41. The molecule has 0 aromatic carbocycles. The highest BCUT2D eigenvalue weighted by Crippen LogP contribution is 2.22. The highest BCUT2D eigenvalue weighted by Gasteiger charge is 2.32. The van der Waals surface area contributed by atoms with Crippen LogP contribution in [-0.4, -0.2) is 41.3 Å². The molecule has 18 heavy (non-hydrogen) atoms. The van der Waals surface area contributed by atoms with Crippen LogP contribution in [0.5, 0.6) is 0 Å². The van der Waals surface area contributed by atoms with Gasteiger partial charge in [-0.2, -0.15) is 4.58 Å². The Kier molecular flexibility index (Phi) is 3.07. The van der Waals surface area contributed by atoms with Crippen molar-refractivity contribution in [3.63, 3.8) is 0 Å². The van der Waals surface area contributed by atoms with Gasteiger partial charge in [0.25, 0.3) is 6.21 Å². The number of hydrogen-bond donors (Lipinski definition) is 0. The Morgan fingerprint density at radius 1 is 1.50 bits per heavy atom. The predicted octanol–water partition coefficient (Wildman–Crippen LogP) is 0.792. The zero-order valence-corrected chi connectivity index (χ0v) is 10.7. The lowest BCUT2D eigenvalue weighted by atomic mass is 10.1. The Morgan fingerprint density at radius 3 is 2.89 bits per heavy atom. The summed E-state index contributed by atoms with van der Waals surface area (Å²) >= 11 is 0. The number of rotatable bonds is 1. The van der Waals surface area contributed by atoms with Crippen LogP contribution in [0.2, 0.25) is 0 Å². The van der Waals surface area contributed by atoms with Gasteiger partial charge in [0.15, 0.2) is 6.26 Å². The Morgan fingerprint density at radius 2 is 2.22 bits per heavy atom. The monoisotopic (exact) mass is 250 g/mol. The molecule has 0 bridgehead atoms. The van der Waals surface area contributed by atoms with Crippen LogP contribution < -0.4 is 0 Å². The van der Waals surface area contributed by atoms with E-state index in [4.69, 9.17) is 9.47 Å². The molecule has 0 fully saturated rings. The van der Waals surface area contributed by atoms with Crippen molar-refractivity contribution >= 4 is 18.0 Å². The summed E-state index contributed by atoms with van der Waals surface area (Å²) in [5, 5.41) is 0. The first-order chi connectivity index (χ1) is 8.35. The lowest BCUT2D eigenvalue weighted by Gasteiger charge is -2.17. The van der Waals surface area contributed by atoms with E-state index in [9.17, 15) is 9.59 Å². The van der Waals surface area contributed by atoms with Crippen LogP contribution in [0.15, 0.2) is 23.6 Å². The number of ketones is 1. The van der Waals surface area contributed by atoms with Crippen molar-refractivity contribution in [3.05, 3.63) is 23.6 Å². The lowest BCUT2D eigenvalue weighted by molar-refractivity contribution is -0.457. The van der Waals surface area contributed by atoms with E-state index in [-0.39, 0.29) is 12.3 Å². The molecule has 0 spiro atoms. The van der Waals surface area contributed by atoms with Gasteiger partial charge in [-0.1, -0.05) is 0 Å². The lowest BCUT2D eigenvalue weighted by Crippen LogP contribution is -2.31. The van der Waals surface area contributed by atoms with Crippen LogP contribution in [0.3, 0.4) is 0 Å². The summed E-state index contributed by atoms with van der Waals surface area (Å²) in [6.45, 7) is 5.90. The van der Waals surface area contributed by atoms with Crippen molar-refractivity contribution in [3.8, 4) is 0 Å². The highest BCUT2D eigenvalue weighted by molar-refractivity contribution is 6.21.